The molecule has 7 nitrogen and oxygen atoms in total. The maximum Gasteiger partial charge on any atom is 0.344 e. The Bertz CT molecular complexity index is 1290. The third kappa shape index (κ3) is 13.5. The van der Waals surface area contributed by atoms with E-state index in [1.807, 2.05) is 59.4 Å². The second kappa shape index (κ2) is 22.4. The quantitative estimate of drug-likeness (QED) is 0.0699. The normalized spacial score (nSPS) is 10.8. The van der Waals surface area contributed by atoms with Crippen molar-refractivity contribution in [1.29, 1.82) is 0 Å². The van der Waals surface area contributed by atoms with Crippen LogP contribution < -0.4 is 9.47 Å². The number of aryl methyl sites for hydroxylation is 4. The topological polar surface area (TPSA) is 75.3 Å². The first-order valence-electron chi connectivity index (χ1n) is 18.3. The van der Waals surface area contributed by atoms with E-state index in [1.165, 1.54) is 63.5 Å². The highest BCUT2D eigenvalue weighted by Crippen LogP contribution is 2.21. The number of hydrogen-bond donors (Lipinski definition) is 0. The Labute approximate surface area is 288 Å². The number of benzene rings is 2. The first-order chi connectivity index (χ1) is 23.5. The van der Waals surface area contributed by atoms with Gasteiger partial charge in [-0.3, -0.25) is 4.68 Å². The number of unbranched alkanes of at least 4 members (excludes halogenated alkanes) is 8. The van der Waals surface area contributed by atoms with E-state index in [2.05, 4.69) is 37.4 Å². The van der Waals surface area contributed by atoms with Crippen molar-refractivity contribution in [3.63, 3.8) is 0 Å². The zero-order valence-electron chi connectivity index (χ0n) is 29.8. The fraction of sp³-hybridized carbons (Fsp3) is 0.488. The fourth-order valence-corrected chi connectivity index (χ4v) is 5.50. The van der Waals surface area contributed by atoms with Crippen molar-refractivity contribution < 1.29 is 19.1 Å². The molecular weight excluding hydrogens is 598 g/mol. The van der Waals surface area contributed by atoms with Crippen molar-refractivity contribution in [2.75, 3.05) is 0 Å². The van der Waals surface area contributed by atoms with Crippen molar-refractivity contribution in [3.8, 4) is 11.6 Å². The molecule has 0 saturated carbocycles. The molecule has 0 aliphatic carbocycles. The molecule has 0 bridgehead atoms. The predicted molar refractivity (Wildman–Crippen MR) is 195 cm³/mol. The lowest BCUT2D eigenvalue weighted by atomic mass is 10.1. The van der Waals surface area contributed by atoms with Gasteiger partial charge in [-0.1, -0.05) is 115 Å². The largest absolute Gasteiger partial charge is 0.421 e. The van der Waals surface area contributed by atoms with Crippen molar-refractivity contribution in [2.24, 2.45) is 0 Å². The molecule has 0 atom stereocenters. The van der Waals surface area contributed by atoms with Crippen LogP contribution in [0.3, 0.4) is 0 Å². The molecule has 0 fully saturated rings. The third-order valence-electron chi connectivity index (χ3n) is 8.28. The van der Waals surface area contributed by atoms with Crippen LogP contribution >= 0.6 is 0 Å². The first kappa shape index (κ1) is 38.3. The average molecular weight is 656 g/mol. The summed E-state index contributed by atoms with van der Waals surface area (Å²) < 4.78 is 15.3. The molecule has 0 spiro atoms. The summed E-state index contributed by atoms with van der Waals surface area (Å²) in [7, 11) is 0. The molecule has 260 valence electrons. The highest BCUT2D eigenvalue weighted by molar-refractivity contribution is 5.91. The summed E-state index contributed by atoms with van der Waals surface area (Å²) in [6.07, 6.45) is 18.3. The van der Waals surface area contributed by atoms with Crippen LogP contribution in [-0.4, -0.2) is 26.3 Å². The Kier molecular flexibility index (Phi) is 17.9. The molecule has 48 heavy (non-hydrogen) atoms. The van der Waals surface area contributed by atoms with Gasteiger partial charge in [-0.2, -0.15) is 0 Å². The molecule has 0 saturated heterocycles. The van der Waals surface area contributed by atoms with Gasteiger partial charge < -0.3 is 14.0 Å². The molecule has 7 heteroatoms. The standard InChI is InChI=1S/C21H29NO2.C20H28N2O2/c1-3-5-8-14-19-16-20(17-22(19)15-11-6-4-2)24-21(23)18-12-9-7-10-13-18;1-3-5-8-14-18-16-19(21-22(18)15-11-6-4-2)24-20(23)17-12-9-7-10-13-17/h7,9-10,12-13,16-17H,3-6,8,11,14-15H2,1-2H3;7,9-10,12-13,16H,3-6,8,11,14-15H2,1-2H3. The van der Waals surface area contributed by atoms with Gasteiger partial charge in [0.25, 0.3) is 0 Å². The van der Waals surface area contributed by atoms with Gasteiger partial charge in [0.05, 0.1) is 11.1 Å². The van der Waals surface area contributed by atoms with Gasteiger partial charge in [0.1, 0.15) is 5.75 Å². The molecule has 2 aromatic heterocycles. The smallest absolute Gasteiger partial charge is 0.344 e. The van der Waals surface area contributed by atoms with E-state index >= 15 is 0 Å². The molecule has 0 amide bonds. The summed E-state index contributed by atoms with van der Waals surface area (Å²) in [5.41, 5.74) is 3.57. The number of nitrogens with zero attached hydrogens (tertiary/aromatic N) is 3. The molecule has 2 heterocycles. The minimum atomic E-state index is -0.353. The highest BCUT2D eigenvalue weighted by atomic mass is 16.5. The highest BCUT2D eigenvalue weighted by Gasteiger charge is 2.14. The van der Waals surface area contributed by atoms with Gasteiger partial charge >= 0.3 is 11.9 Å². The summed E-state index contributed by atoms with van der Waals surface area (Å²) in [4.78, 5) is 24.4. The Morgan fingerprint density at radius 1 is 0.583 bits per heavy atom. The SMILES string of the molecule is CCCCCc1cc(OC(=O)c2ccccc2)cn1CCCCC.CCCCCc1cc(OC(=O)c2ccccc2)nn1CCCCC. The Morgan fingerprint density at radius 3 is 1.65 bits per heavy atom. The summed E-state index contributed by atoms with van der Waals surface area (Å²) in [6.45, 7) is 10.7. The van der Waals surface area contributed by atoms with E-state index in [9.17, 15) is 9.59 Å². The maximum absolute atomic E-state index is 12.2. The number of esters is 2. The van der Waals surface area contributed by atoms with Gasteiger partial charge in [-0.05, 0) is 62.8 Å². The van der Waals surface area contributed by atoms with E-state index in [0.717, 1.165) is 50.9 Å². The molecule has 0 N–H and O–H groups in total. The van der Waals surface area contributed by atoms with Crippen LogP contribution in [0.1, 0.15) is 137 Å². The number of aromatic nitrogens is 3. The van der Waals surface area contributed by atoms with Crippen molar-refractivity contribution in [3.05, 3.63) is 102 Å². The first-order valence-corrected chi connectivity index (χ1v) is 18.3. The molecule has 2 aromatic carbocycles. The van der Waals surface area contributed by atoms with Gasteiger partial charge in [0.2, 0.25) is 5.88 Å². The number of hydrogen-bond acceptors (Lipinski definition) is 5. The zero-order chi connectivity index (χ0) is 34.4. The number of carbonyl (C=O) groups excluding carboxylic acids is 2. The number of carbonyl (C=O) groups is 2. The lowest BCUT2D eigenvalue weighted by Gasteiger charge is -2.08. The third-order valence-corrected chi connectivity index (χ3v) is 8.28. The monoisotopic (exact) mass is 655 g/mol. The maximum atomic E-state index is 12.2. The van der Waals surface area contributed by atoms with E-state index in [1.54, 1.807) is 24.3 Å². The summed E-state index contributed by atoms with van der Waals surface area (Å²) >= 11 is 0. The van der Waals surface area contributed by atoms with Gasteiger partial charge in [0.15, 0.2) is 0 Å². The molecule has 0 unspecified atom stereocenters. The van der Waals surface area contributed by atoms with E-state index in [0.29, 0.717) is 22.8 Å². The second-order valence-electron chi connectivity index (χ2n) is 12.4. The summed E-state index contributed by atoms with van der Waals surface area (Å²) in [5.74, 6) is 0.425. The van der Waals surface area contributed by atoms with Crippen LogP contribution in [0.25, 0.3) is 0 Å². The van der Waals surface area contributed by atoms with Crippen LogP contribution in [0, 0.1) is 0 Å². The van der Waals surface area contributed by atoms with Gasteiger partial charge in [-0.25, -0.2) is 9.59 Å². The Balaban J connectivity index is 0.000000260. The van der Waals surface area contributed by atoms with Crippen molar-refractivity contribution >= 4 is 11.9 Å². The van der Waals surface area contributed by atoms with E-state index in [-0.39, 0.29) is 11.9 Å². The van der Waals surface area contributed by atoms with Crippen LogP contribution in [-0.2, 0) is 25.9 Å². The molecule has 4 aromatic rings. The predicted octanol–water partition coefficient (Wildman–Crippen LogP) is 10.7. The zero-order valence-corrected chi connectivity index (χ0v) is 29.8. The van der Waals surface area contributed by atoms with Crippen molar-refractivity contribution in [1.82, 2.24) is 14.3 Å². The number of rotatable bonds is 20. The van der Waals surface area contributed by atoms with Crippen LogP contribution in [0.15, 0.2) is 79.0 Å². The second-order valence-corrected chi connectivity index (χ2v) is 12.4. The van der Waals surface area contributed by atoms with Crippen LogP contribution in [0.5, 0.6) is 11.6 Å². The van der Waals surface area contributed by atoms with Crippen LogP contribution in [0.2, 0.25) is 0 Å². The number of ether oxygens (including phenoxy) is 2. The molecular formula is C41H57N3O4. The van der Waals surface area contributed by atoms with Gasteiger partial charge in [-0.15, -0.1) is 5.10 Å². The van der Waals surface area contributed by atoms with E-state index < -0.39 is 0 Å². The Hall–Kier alpha value is -4.13. The molecule has 0 radical (unpaired) electrons. The lowest BCUT2D eigenvalue weighted by Crippen LogP contribution is -2.09. The summed E-state index contributed by atoms with van der Waals surface area (Å²) in [5, 5.41) is 4.50. The van der Waals surface area contributed by atoms with Crippen molar-refractivity contribution in [2.45, 2.75) is 131 Å². The summed E-state index contributed by atoms with van der Waals surface area (Å²) in [6, 6.07) is 22.2. The molecule has 0 aliphatic heterocycles. The Morgan fingerprint density at radius 2 is 1.08 bits per heavy atom. The fourth-order valence-electron chi connectivity index (χ4n) is 5.50. The van der Waals surface area contributed by atoms with Gasteiger partial charge in [0, 0.05) is 42.8 Å². The average Bonchev–Trinajstić information content (AvgIpc) is 3.68. The van der Waals surface area contributed by atoms with Crippen LogP contribution in [0.4, 0.5) is 0 Å². The minimum Gasteiger partial charge on any atom is -0.421 e. The van der Waals surface area contributed by atoms with E-state index in [4.69, 9.17) is 9.47 Å². The molecule has 4 rings (SSSR count). The molecule has 0 aliphatic rings. The lowest BCUT2D eigenvalue weighted by molar-refractivity contribution is 0.0720. The minimum absolute atomic E-state index is 0.290.